The van der Waals surface area contributed by atoms with Gasteiger partial charge in [-0.2, -0.15) is 4.31 Å². The monoisotopic (exact) mass is 444 g/mol. The molecule has 0 radical (unpaired) electrons. The van der Waals surface area contributed by atoms with Gasteiger partial charge in [0.15, 0.2) is 6.61 Å². The van der Waals surface area contributed by atoms with Crippen molar-refractivity contribution in [2.24, 2.45) is 0 Å². The van der Waals surface area contributed by atoms with Crippen molar-refractivity contribution in [2.75, 3.05) is 37.8 Å². The Labute approximate surface area is 181 Å². The number of ether oxygens (including phenoxy) is 2. The first-order valence-corrected chi connectivity index (χ1v) is 11.6. The molecule has 0 bridgehead atoms. The van der Waals surface area contributed by atoms with Gasteiger partial charge in [0.05, 0.1) is 23.7 Å². The molecule has 31 heavy (non-hydrogen) atoms. The Morgan fingerprint density at radius 3 is 2.45 bits per heavy atom. The summed E-state index contributed by atoms with van der Waals surface area (Å²) in [5.74, 6) is -0.971. The zero-order valence-corrected chi connectivity index (χ0v) is 18.0. The Hall–Kier alpha value is -2.75. The number of esters is 1. The molecule has 0 N–H and O–H groups in total. The van der Waals surface area contributed by atoms with Gasteiger partial charge in [-0.3, -0.25) is 4.79 Å². The van der Waals surface area contributed by atoms with E-state index in [1.807, 2.05) is 31.2 Å². The van der Waals surface area contributed by atoms with Crippen LogP contribution in [0.2, 0.25) is 0 Å². The summed E-state index contributed by atoms with van der Waals surface area (Å²) in [7, 11) is -3.64. The van der Waals surface area contributed by atoms with E-state index in [0.29, 0.717) is 26.3 Å². The van der Waals surface area contributed by atoms with Crippen molar-refractivity contribution in [1.29, 1.82) is 0 Å². The van der Waals surface area contributed by atoms with Crippen LogP contribution in [0.3, 0.4) is 0 Å². The summed E-state index contributed by atoms with van der Waals surface area (Å²) in [5, 5.41) is 0. The van der Waals surface area contributed by atoms with Crippen LogP contribution in [0.15, 0.2) is 53.4 Å². The van der Waals surface area contributed by atoms with Crippen LogP contribution in [0.1, 0.15) is 22.8 Å². The number of nitrogens with zero attached hydrogens (tertiary/aromatic N) is 2. The highest BCUT2D eigenvalue weighted by Crippen LogP contribution is 2.31. The lowest BCUT2D eigenvalue weighted by Crippen LogP contribution is -2.40. The number of carbonyl (C=O) groups excluding carboxylic acids is 2. The molecule has 2 aromatic rings. The lowest BCUT2D eigenvalue weighted by molar-refractivity contribution is -0.122. The van der Waals surface area contributed by atoms with Gasteiger partial charge in [-0.15, -0.1) is 0 Å². The van der Waals surface area contributed by atoms with E-state index in [9.17, 15) is 18.0 Å². The Morgan fingerprint density at radius 2 is 1.74 bits per heavy atom. The number of benzene rings is 2. The van der Waals surface area contributed by atoms with E-state index in [-0.39, 0.29) is 29.0 Å². The third-order valence-corrected chi connectivity index (χ3v) is 7.41. The first-order chi connectivity index (χ1) is 14.9. The van der Waals surface area contributed by atoms with Gasteiger partial charge in [0, 0.05) is 24.8 Å². The Balaban J connectivity index is 1.39. The normalized spacial score (nSPS) is 19.1. The van der Waals surface area contributed by atoms with E-state index < -0.39 is 16.0 Å². The second kappa shape index (κ2) is 8.78. The molecule has 2 aliphatic rings. The van der Waals surface area contributed by atoms with Crippen molar-refractivity contribution in [3.63, 3.8) is 0 Å². The van der Waals surface area contributed by atoms with E-state index in [1.54, 1.807) is 4.90 Å². The quantitative estimate of drug-likeness (QED) is 0.654. The number of para-hydroxylation sites is 1. The third-order valence-electron chi connectivity index (χ3n) is 5.50. The minimum atomic E-state index is -3.64. The summed E-state index contributed by atoms with van der Waals surface area (Å²) in [6.45, 7) is 2.88. The molecule has 2 aliphatic heterocycles. The lowest BCUT2D eigenvalue weighted by Gasteiger charge is -2.26. The molecule has 1 amide bonds. The number of carbonyl (C=O) groups is 2. The van der Waals surface area contributed by atoms with Gasteiger partial charge in [-0.25, -0.2) is 13.2 Å². The summed E-state index contributed by atoms with van der Waals surface area (Å²) in [4.78, 5) is 26.8. The van der Waals surface area contributed by atoms with Crippen LogP contribution in [-0.4, -0.2) is 63.6 Å². The van der Waals surface area contributed by atoms with E-state index in [1.165, 1.54) is 28.6 Å². The molecule has 4 rings (SSSR count). The van der Waals surface area contributed by atoms with Crippen molar-refractivity contribution in [2.45, 2.75) is 24.3 Å². The summed E-state index contributed by atoms with van der Waals surface area (Å²) >= 11 is 0. The molecule has 1 unspecified atom stereocenters. The van der Waals surface area contributed by atoms with E-state index in [2.05, 4.69) is 0 Å². The molecule has 1 fully saturated rings. The van der Waals surface area contributed by atoms with Crippen molar-refractivity contribution < 1.29 is 27.5 Å². The molecule has 9 heteroatoms. The van der Waals surface area contributed by atoms with Gasteiger partial charge in [0.1, 0.15) is 0 Å². The summed E-state index contributed by atoms with van der Waals surface area (Å²) in [6.07, 6.45) is 0.759. The molecule has 2 aromatic carbocycles. The number of hydrogen-bond acceptors (Lipinski definition) is 6. The molecular weight excluding hydrogens is 420 g/mol. The second-order valence-corrected chi connectivity index (χ2v) is 9.50. The minimum absolute atomic E-state index is 0.00622. The maximum absolute atomic E-state index is 12.7. The maximum atomic E-state index is 12.7. The summed E-state index contributed by atoms with van der Waals surface area (Å²) in [5.41, 5.74) is 2.11. The number of fused-ring (bicyclic) bond motifs is 1. The van der Waals surface area contributed by atoms with E-state index in [4.69, 9.17) is 9.47 Å². The van der Waals surface area contributed by atoms with Gasteiger partial charge >= 0.3 is 5.97 Å². The maximum Gasteiger partial charge on any atom is 0.338 e. The van der Waals surface area contributed by atoms with Gasteiger partial charge in [0.2, 0.25) is 10.0 Å². The zero-order valence-electron chi connectivity index (χ0n) is 17.2. The second-order valence-electron chi connectivity index (χ2n) is 7.56. The first kappa shape index (κ1) is 21.5. The number of rotatable bonds is 5. The Kier molecular flexibility index (Phi) is 6.08. The highest BCUT2D eigenvalue weighted by molar-refractivity contribution is 7.89. The highest BCUT2D eigenvalue weighted by atomic mass is 32.2. The predicted octanol–water partition coefficient (Wildman–Crippen LogP) is 1.84. The molecule has 1 atom stereocenters. The number of amides is 1. The minimum Gasteiger partial charge on any atom is -0.452 e. The topological polar surface area (TPSA) is 93.2 Å². The van der Waals surface area contributed by atoms with Gasteiger partial charge in [-0.05, 0) is 49.2 Å². The fourth-order valence-electron chi connectivity index (χ4n) is 3.92. The standard InChI is InChI=1S/C22H24N2O6S/c1-16-14-18-4-2-3-5-20(18)24(16)21(25)15-30-22(26)17-6-8-19(9-7-17)31(27,28)23-10-12-29-13-11-23/h2-9,16H,10-15H2,1H3. The smallest absolute Gasteiger partial charge is 0.338 e. The average Bonchev–Trinajstić information content (AvgIpc) is 3.13. The van der Waals surface area contributed by atoms with Gasteiger partial charge in [0.25, 0.3) is 5.91 Å². The molecule has 0 aliphatic carbocycles. The number of sulfonamides is 1. The fraction of sp³-hybridized carbons (Fsp3) is 0.364. The lowest BCUT2D eigenvalue weighted by atomic mass is 10.1. The molecule has 2 heterocycles. The molecule has 0 saturated carbocycles. The largest absolute Gasteiger partial charge is 0.452 e. The molecule has 8 nitrogen and oxygen atoms in total. The third kappa shape index (κ3) is 4.34. The highest BCUT2D eigenvalue weighted by Gasteiger charge is 2.31. The van der Waals surface area contributed by atoms with Gasteiger partial charge in [-0.1, -0.05) is 18.2 Å². The first-order valence-electron chi connectivity index (χ1n) is 10.1. The number of anilines is 1. The van der Waals surface area contributed by atoms with Crippen molar-refractivity contribution in [1.82, 2.24) is 4.31 Å². The van der Waals surface area contributed by atoms with Crippen LogP contribution in [-0.2, 0) is 30.7 Å². The predicted molar refractivity (Wildman–Crippen MR) is 113 cm³/mol. The Bertz CT molecular complexity index is 1080. The van der Waals surface area contributed by atoms with Crippen LogP contribution >= 0.6 is 0 Å². The SMILES string of the molecule is CC1Cc2ccccc2N1C(=O)COC(=O)c1ccc(S(=O)(=O)N2CCOCC2)cc1. The van der Waals surface area contributed by atoms with Crippen LogP contribution < -0.4 is 4.90 Å². The van der Waals surface area contributed by atoms with E-state index in [0.717, 1.165) is 17.7 Å². The molecule has 0 aromatic heterocycles. The number of morpholine rings is 1. The van der Waals surface area contributed by atoms with Crippen molar-refractivity contribution in [3.05, 3.63) is 59.7 Å². The zero-order chi connectivity index (χ0) is 22.0. The average molecular weight is 445 g/mol. The van der Waals surface area contributed by atoms with Crippen molar-refractivity contribution in [3.8, 4) is 0 Å². The number of hydrogen-bond donors (Lipinski definition) is 0. The van der Waals surface area contributed by atoms with Crippen LogP contribution in [0, 0.1) is 0 Å². The molecule has 0 spiro atoms. The molecular formula is C22H24N2O6S. The molecule has 1 saturated heterocycles. The Morgan fingerprint density at radius 1 is 1.06 bits per heavy atom. The van der Waals surface area contributed by atoms with Crippen LogP contribution in [0.5, 0.6) is 0 Å². The van der Waals surface area contributed by atoms with Crippen LogP contribution in [0.4, 0.5) is 5.69 Å². The summed E-state index contributed by atoms with van der Waals surface area (Å²) in [6, 6.07) is 13.2. The summed E-state index contributed by atoms with van der Waals surface area (Å²) < 4.78 is 37.1. The van der Waals surface area contributed by atoms with Crippen molar-refractivity contribution >= 4 is 27.6 Å². The molecule has 164 valence electrons. The van der Waals surface area contributed by atoms with Gasteiger partial charge < -0.3 is 14.4 Å². The van der Waals surface area contributed by atoms with E-state index >= 15 is 0 Å². The van der Waals surface area contributed by atoms with Crippen LogP contribution in [0.25, 0.3) is 0 Å². The fourth-order valence-corrected chi connectivity index (χ4v) is 5.33.